The van der Waals surface area contributed by atoms with Gasteiger partial charge >= 0.3 is 0 Å². The summed E-state index contributed by atoms with van der Waals surface area (Å²) in [4.78, 5) is 12.9. The minimum absolute atomic E-state index is 0.0533. The van der Waals surface area contributed by atoms with Crippen molar-refractivity contribution in [3.8, 4) is 0 Å². The van der Waals surface area contributed by atoms with E-state index >= 15 is 0 Å². The first-order valence-corrected chi connectivity index (χ1v) is 11.2. The molecule has 0 saturated heterocycles. The Labute approximate surface area is 186 Å². The monoisotopic (exact) mass is 462 g/mol. The van der Waals surface area contributed by atoms with Crippen molar-refractivity contribution < 1.29 is 13.2 Å². The third-order valence-electron chi connectivity index (χ3n) is 4.56. The first kappa shape index (κ1) is 22.3. The molecule has 0 bridgehead atoms. The van der Waals surface area contributed by atoms with E-state index in [0.717, 1.165) is 15.4 Å². The Bertz CT molecular complexity index is 1150. The van der Waals surface area contributed by atoms with Crippen LogP contribution in [0, 0.1) is 0 Å². The molecule has 1 unspecified atom stereocenters. The predicted molar refractivity (Wildman–Crippen MR) is 120 cm³/mol. The molecular formula is C22H20Cl2N2O3S. The van der Waals surface area contributed by atoms with Crippen LogP contribution in [0.4, 0.5) is 0 Å². The summed E-state index contributed by atoms with van der Waals surface area (Å²) in [7, 11) is -0.980. The van der Waals surface area contributed by atoms with Crippen LogP contribution in [0.15, 0.2) is 77.7 Å². The Morgan fingerprint density at radius 3 is 2.10 bits per heavy atom. The molecule has 1 amide bonds. The number of hydrogen-bond donors (Lipinski definition) is 1. The number of nitrogens with zero attached hydrogens (tertiary/aromatic N) is 1. The molecule has 30 heavy (non-hydrogen) atoms. The summed E-state index contributed by atoms with van der Waals surface area (Å²) in [6.07, 6.45) is 0. The summed E-state index contributed by atoms with van der Waals surface area (Å²) in [5, 5.41) is 3.62. The lowest BCUT2D eigenvalue weighted by Crippen LogP contribution is -2.30. The highest BCUT2D eigenvalue weighted by atomic mass is 35.5. The third kappa shape index (κ3) is 4.84. The van der Waals surface area contributed by atoms with Crippen molar-refractivity contribution in [1.82, 2.24) is 9.62 Å². The van der Waals surface area contributed by atoms with E-state index in [2.05, 4.69) is 5.32 Å². The largest absolute Gasteiger partial charge is 0.341 e. The van der Waals surface area contributed by atoms with E-state index in [1.165, 1.54) is 32.3 Å². The van der Waals surface area contributed by atoms with Crippen molar-refractivity contribution in [2.24, 2.45) is 0 Å². The van der Waals surface area contributed by atoms with Gasteiger partial charge in [-0.25, -0.2) is 12.7 Å². The van der Waals surface area contributed by atoms with Gasteiger partial charge in [-0.1, -0.05) is 65.7 Å². The SMILES string of the molecule is CN(C)S(=O)(=O)c1cc(C(=O)NC(c2ccccc2)c2ccc(Cl)cc2)ccc1Cl. The van der Waals surface area contributed by atoms with Crippen LogP contribution in [0.3, 0.4) is 0 Å². The average Bonchev–Trinajstić information content (AvgIpc) is 2.73. The number of sulfonamides is 1. The first-order chi connectivity index (χ1) is 14.2. The molecule has 3 aromatic carbocycles. The molecule has 0 aliphatic heterocycles. The van der Waals surface area contributed by atoms with Crippen molar-refractivity contribution in [3.63, 3.8) is 0 Å². The van der Waals surface area contributed by atoms with Crippen LogP contribution in [0.25, 0.3) is 0 Å². The second kappa shape index (κ2) is 9.18. The zero-order valence-electron chi connectivity index (χ0n) is 16.3. The second-order valence-corrected chi connectivity index (χ2v) is 9.77. The standard InChI is InChI=1S/C22H20Cl2N2O3S/c1-26(2)30(28,29)20-14-17(10-13-19(20)24)22(27)25-21(15-6-4-3-5-7-15)16-8-11-18(23)12-9-16/h3-14,21H,1-2H3,(H,25,27). The lowest BCUT2D eigenvalue weighted by Gasteiger charge is -2.20. The number of halogens is 2. The first-order valence-electron chi connectivity index (χ1n) is 9.03. The molecule has 0 aliphatic carbocycles. The number of nitrogens with one attached hydrogen (secondary N) is 1. The minimum Gasteiger partial charge on any atom is -0.341 e. The van der Waals surface area contributed by atoms with Crippen LogP contribution in [0.2, 0.25) is 10.0 Å². The molecular weight excluding hydrogens is 443 g/mol. The fourth-order valence-electron chi connectivity index (χ4n) is 2.91. The number of amides is 1. The van der Waals surface area contributed by atoms with Gasteiger partial charge in [0.2, 0.25) is 10.0 Å². The summed E-state index contributed by atoms with van der Waals surface area (Å²) in [6.45, 7) is 0. The van der Waals surface area contributed by atoms with Gasteiger partial charge in [-0.05, 0) is 41.5 Å². The molecule has 3 aromatic rings. The van der Waals surface area contributed by atoms with E-state index in [0.29, 0.717) is 5.02 Å². The quantitative estimate of drug-likeness (QED) is 0.573. The molecule has 1 atom stereocenters. The Kier molecular flexibility index (Phi) is 6.83. The second-order valence-electron chi connectivity index (χ2n) is 6.80. The maximum atomic E-state index is 13.0. The highest BCUT2D eigenvalue weighted by Gasteiger charge is 2.24. The van der Waals surface area contributed by atoms with E-state index in [4.69, 9.17) is 23.2 Å². The molecule has 0 aliphatic rings. The Morgan fingerprint density at radius 1 is 0.900 bits per heavy atom. The van der Waals surface area contributed by atoms with Crippen LogP contribution < -0.4 is 5.32 Å². The number of benzene rings is 3. The fourth-order valence-corrected chi connectivity index (χ4v) is 4.43. The van der Waals surface area contributed by atoms with Crippen LogP contribution in [0.5, 0.6) is 0 Å². The van der Waals surface area contributed by atoms with Gasteiger partial charge in [0, 0.05) is 24.7 Å². The number of carbonyl (C=O) groups is 1. The van der Waals surface area contributed by atoms with E-state index < -0.39 is 22.0 Å². The smallest absolute Gasteiger partial charge is 0.252 e. The molecule has 0 radical (unpaired) electrons. The highest BCUT2D eigenvalue weighted by Crippen LogP contribution is 2.27. The van der Waals surface area contributed by atoms with Gasteiger partial charge in [0.05, 0.1) is 11.1 Å². The minimum atomic E-state index is -3.79. The van der Waals surface area contributed by atoms with Gasteiger partial charge in [-0.2, -0.15) is 0 Å². The molecule has 0 aromatic heterocycles. The molecule has 156 valence electrons. The zero-order valence-corrected chi connectivity index (χ0v) is 18.7. The molecule has 0 saturated carbocycles. The molecule has 0 fully saturated rings. The van der Waals surface area contributed by atoms with Crippen LogP contribution in [-0.2, 0) is 10.0 Å². The molecule has 5 nitrogen and oxygen atoms in total. The summed E-state index contributed by atoms with van der Waals surface area (Å²) >= 11 is 12.1. The predicted octanol–water partition coefficient (Wildman–Crippen LogP) is 4.76. The summed E-state index contributed by atoms with van der Waals surface area (Å²) in [5.41, 5.74) is 1.91. The number of carbonyl (C=O) groups excluding carboxylic acids is 1. The van der Waals surface area contributed by atoms with E-state index in [-0.39, 0.29) is 15.5 Å². The normalized spacial score (nSPS) is 12.6. The van der Waals surface area contributed by atoms with Crippen LogP contribution in [0.1, 0.15) is 27.5 Å². The lowest BCUT2D eigenvalue weighted by molar-refractivity contribution is 0.0942. The van der Waals surface area contributed by atoms with Crippen molar-refractivity contribution in [2.75, 3.05) is 14.1 Å². The van der Waals surface area contributed by atoms with Gasteiger partial charge in [0.25, 0.3) is 5.91 Å². The van der Waals surface area contributed by atoms with Gasteiger partial charge in [0.1, 0.15) is 4.90 Å². The maximum Gasteiger partial charge on any atom is 0.252 e. The highest BCUT2D eigenvalue weighted by molar-refractivity contribution is 7.89. The molecule has 1 N–H and O–H groups in total. The van der Waals surface area contributed by atoms with Crippen molar-refractivity contribution >= 4 is 39.1 Å². The molecule has 8 heteroatoms. The summed E-state index contributed by atoms with van der Waals surface area (Å²) in [5.74, 6) is -0.425. The van der Waals surface area contributed by atoms with Crippen molar-refractivity contribution in [1.29, 1.82) is 0 Å². The van der Waals surface area contributed by atoms with Crippen molar-refractivity contribution in [2.45, 2.75) is 10.9 Å². The molecule has 0 spiro atoms. The average molecular weight is 463 g/mol. The van der Waals surface area contributed by atoms with Gasteiger partial charge in [-0.3, -0.25) is 4.79 Å². The van der Waals surface area contributed by atoms with Gasteiger partial charge in [-0.15, -0.1) is 0 Å². The maximum absolute atomic E-state index is 13.0. The Morgan fingerprint density at radius 2 is 1.50 bits per heavy atom. The number of rotatable bonds is 6. The van der Waals surface area contributed by atoms with Gasteiger partial charge in [0.15, 0.2) is 0 Å². The molecule has 3 rings (SSSR count). The fraction of sp³-hybridized carbons (Fsp3) is 0.136. The van der Waals surface area contributed by atoms with E-state index in [9.17, 15) is 13.2 Å². The van der Waals surface area contributed by atoms with Crippen molar-refractivity contribution in [3.05, 3.63) is 99.5 Å². The topological polar surface area (TPSA) is 66.5 Å². The van der Waals surface area contributed by atoms with Crippen LogP contribution >= 0.6 is 23.2 Å². The van der Waals surface area contributed by atoms with Crippen LogP contribution in [-0.4, -0.2) is 32.7 Å². The zero-order chi connectivity index (χ0) is 21.9. The lowest BCUT2D eigenvalue weighted by atomic mass is 9.98. The van der Waals surface area contributed by atoms with E-state index in [1.807, 2.05) is 42.5 Å². The van der Waals surface area contributed by atoms with Gasteiger partial charge < -0.3 is 5.32 Å². The third-order valence-corrected chi connectivity index (χ3v) is 7.11. The number of hydrogen-bond acceptors (Lipinski definition) is 3. The summed E-state index contributed by atoms with van der Waals surface area (Å²) < 4.78 is 26.1. The van der Waals surface area contributed by atoms with E-state index in [1.54, 1.807) is 12.1 Å². The summed E-state index contributed by atoms with van der Waals surface area (Å²) in [6, 6.07) is 20.4. The molecule has 0 heterocycles. The Hall–Kier alpha value is -2.38. The Balaban J connectivity index is 1.98.